The van der Waals surface area contributed by atoms with Gasteiger partial charge in [-0.1, -0.05) is 5.16 Å². The molecule has 3 rings (SSSR count). The molecule has 2 N–H and O–H groups in total. The Hall–Kier alpha value is -2.12. The maximum absolute atomic E-state index is 12.5. The van der Waals surface area contributed by atoms with Crippen LogP contribution in [0.5, 0.6) is 0 Å². The van der Waals surface area contributed by atoms with Gasteiger partial charge in [-0.15, -0.1) is 0 Å². The number of carbonyl (C=O) groups is 1. The van der Waals surface area contributed by atoms with E-state index in [-0.39, 0.29) is 5.91 Å². The Morgan fingerprint density at radius 1 is 1.28 bits per heavy atom. The lowest BCUT2D eigenvalue weighted by atomic mass is 10.2. The molecule has 0 saturated carbocycles. The number of rotatable bonds is 6. The van der Waals surface area contributed by atoms with E-state index in [0.717, 1.165) is 56.3 Å². The summed E-state index contributed by atoms with van der Waals surface area (Å²) in [6.07, 6.45) is 0.965. The molecule has 0 unspecified atom stereocenters. The number of amides is 1. The van der Waals surface area contributed by atoms with Crippen molar-refractivity contribution in [3.63, 3.8) is 0 Å². The molecule has 7 nitrogen and oxygen atoms in total. The predicted molar refractivity (Wildman–Crippen MR) is 96.3 cm³/mol. The van der Waals surface area contributed by atoms with Crippen LogP contribution in [0.25, 0.3) is 5.82 Å². The van der Waals surface area contributed by atoms with Crippen LogP contribution in [0.4, 0.5) is 0 Å². The Morgan fingerprint density at radius 2 is 2.04 bits per heavy atom. The standard InChI is InChI=1S/C18H27N5O2/c1-13-11-16(15(3)23(13)17-12-14(2)25-21-17)18(24)20-5-4-8-22-9-6-19-7-10-22/h11-12,19H,4-10H2,1-3H3,(H,20,24). The van der Waals surface area contributed by atoms with Crippen molar-refractivity contribution in [1.29, 1.82) is 0 Å². The Morgan fingerprint density at radius 3 is 2.72 bits per heavy atom. The first kappa shape index (κ1) is 17.7. The van der Waals surface area contributed by atoms with Gasteiger partial charge >= 0.3 is 0 Å². The predicted octanol–water partition coefficient (Wildman–Crippen LogP) is 1.42. The molecule has 0 radical (unpaired) electrons. The van der Waals surface area contributed by atoms with Crippen molar-refractivity contribution in [2.24, 2.45) is 0 Å². The van der Waals surface area contributed by atoms with Gasteiger partial charge in [-0.2, -0.15) is 0 Å². The van der Waals surface area contributed by atoms with Gasteiger partial charge in [0.15, 0.2) is 5.82 Å². The van der Waals surface area contributed by atoms with E-state index in [1.807, 2.05) is 37.5 Å². The van der Waals surface area contributed by atoms with Crippen LogP contribution >= 0.6 is 0 Å². The van der Waals surface area contributed by atoms with Gasteiger partial charge < -0.3 is 20.1 Å². The SMILES string of the molecule is Cc1cc(-n2c(C)cc(C(=O)NCCCN3CCNCC3)c2C)no1. The quantitative estimate of drug-likeness (QED) is 0.775. The van der Waals surface area contributed by atoms with Gasteiger partial charge in [0.25, 0.3) is 5.91 Å². The van der Waals surface area contributed by atoms with Gasteiger partial charge in [0.05, 0.1) is 5.56 Å². The second kappa shape index (κ2) is 7.84. The van der Waals surface area contributed by atoms with Gasteiger partial charge in [0.2, 0.25) is 0 Å². The van der Waals surface area contributed by atoms with Gasteiger partial charge in [-0.25, -0.2) is 0 Å². The van der Waals surface area contributed by atoms with Gasteiger partial charge in [0, 0.05) is 50.2 Å². The van der Waals surface area contributed by atoms with Crippen LogP contribution in [0.1, 0.15) is 33.9 Å². The fourth-order valence-electron chi connectivity index (χ4n) is 3.34. The summed E-state index contributed by atoms with van der Waals surface area (Å²) < 4.78 is 7.11. The summed E-state index contributed by atoms with van der Waals surface area (Å²) in [5, 5.41) is 10.4. The second-order valence-corrected chi connectivity index (χ2v) is 6.62. The van der Waals surface area contributed by atoms with E-state index in [1.54, 1.807) is 0 Å². The molecule has 0 spiro atoms. The first-order valence-corrected chi connectivity index (χ1v) is 8.90. The van der Waals surface area contributed by atoms with Crippen LogP contribution in [0.15, 0.2) is 16.7 Å². The molecule has 1 fully saturated rings. The number of hydrogen-bond acceptors (Lipinski definition) is 5. The van der Waals surface area contributed by atoms with Gasteiger partial charge in [-0.05, 0) is 39.8 Å². The fraction of sp³-hybridized carbons (Fsp3) is 0.556. The lowest BCUT2D eigenvalue weighted by molar-refractivity contribution is 0.0950. The number of hydrogen-bond donors (Lipinski definition) is 2. The number of nitrogens with zero attached hydrogens (tertiary/aromatic N) is 3. The van der Waals surface area contributed by atoms with Crippen molar-refractivity contribution in [1.82, 2.24) is 25.3 Å². The monoisotopic (exact) mass is 345 g/mol. The average molecular weight is 345 g/mol. The van der Waals surface area contributed by atoms with Crippen LogP contribution in [0, 0.1) is 20.8 Å². The molecule has 2 aromatic rings. The number of nitrogens with one attached hydrogen (secondary N) is 2. The summed E-state index contributed by atoms with van der Waals surface area (Å²) in [7, 11) is 0. The van der Waals surface area contributed by atoms with Crippen LogP contribution in [-0.4, -0.2) is 59.8 Å². The lowest BCUT2D eigenvalue weighted by Gasteiger charge is -2.27. The summed E-state index contributed by atoms with van der Waals surface area (Å²) in [5.41, 5.74) is 2.54. The maximum atomic E-state index is 12.5. The molecule has 25 heavy (non-hydrogen) atoms. The lowest BCUT2D eigenvalue weighted by Crippen LogP contribution is -2.44. The number of aromatic nitrogens is 2. The van der Waals surface area contributed by atoms with Crippen molar-refractivity contribution in [2.75, 3.05) is 39.3 Å². The largest absolute Gasteiger partial charge is 0.360 e. The summed E-state index contributed by atoms with van der Waals surface area (Å²) >= 11 is 0. The molecule has 0 bridgehead atoms. The molecule has 1 amide bonds. The van der Waals surface area contributed by atoms with E-state index in [9.17, 15) is 4.79 Å². The maximum Gasteiger partial charge on any atom is 0.253 e. The van der Waals surface area contributed by atoms with E-state index in [4.69, 9.17) is 4.52 Å². The average Bonchev–Trinajstić information content (AvgIpc) is 3.15. The van der Waals surface area contributed by atoms with E-state index in [1.165, 1.54) is 0 Å². The summed E-state index contributed by atoms with van der Waals surface area (Å²) in [6, 6.07) is 3.78. The molecular weight excluding hydrogens is 318 g/mol. The number of carbonyl (C=O) groups excluding carboxylic acids is 1. The summed E-state index contributed by atoms with van der Waals surface area (Å²) in [5.74, 6) is 1.44. The van der Waals surface area contributed by atoms with Crippen molar-refractivity contribution >= 4 is 5.91 Å². The van der Waals surface area contributed by atoms with E-state index in [0.29, 0.717) is 17.9 Å². The minimum absolute atomic E-state index is 0.0279. The molecule has 1 aliphatic heterocycles. The molecule has 2 aromatic heterocycles. The van der Waals surface area contributed by atoms with Crippen LogP contribution in [0.2, 0.25) is 0 Å². The highest BCUT2D eigenvalue weighted by atomic mass is 16.5. The third kappa shape index (κ3) is 4.11. The fourth-order valence-corrected chi connectivity index (χ4v) is 3.34. The zero-order valence-corrected chi connectivity index (χ0v) is 15.3. The number of piperazine rings is 1. The first-order valence-electron chi connectivity index (χ1n) is 8.90. The Balaban J connectivity index is 1.57. The van der Waals surface area contributed by atoms with E-state index in [2.05, 4.69) is 20.7 Å². The van der Waals surface area contributed by atoms with Gasteiger partial charge in [0.1, 0.15) is 5.76 Å². The third-order valence-electron chi connectivity index (χ3n) is 4.67. The molecule has 1 saturated heterocycles. The molecule has 0 aliphatic carbocycles. The molecular formula is C18H27N5O2. The van der Waals surface area contributed by atoms with Crippen molar-refractivity contribution in [2.45, 2.75) is 27.2 Å². The highest BCUT2D eigenvalue weighted by Gasteiger charge is 2.18. The second-order valence-electron chi connectivity index (χ2n) is 6.62. The summed E-state index contributed by atoms with van der Waals surface area (Å²) in [4.78, 5) is 15.0. The molecule has 3 heterocycles. The first-order chi connectivity index (χ1) is 12.1. The smallest absolute Gasteiger partial charge is 0.253 e. The van der Waals surface area contributed by atoms with Crippen LogP contribution in [0.3, 0.4) is 0 Å². The van der Waals surface area contributed by atoms with Crippen molar-refractivity contribution in [3.8, 4) is 5.82 Å². The highest BCUT2D eigenvalue weighted by molar-refractivity contribution is 5.95. The Bertz CT molecular complexity index is 728. The summed E-state index contributed by atoms with van der Waals surface area (Å²) in [6.45, 7) is 11.8. The molecule has 0 atom stereocenters. The highest BCUT2D eigenvalue weighted by Crippen LogP contribution is 2.20. The Labute approximate surface area is 148 Å². The van der Waals surface area contributed by atoms with Crippen LogP contribution in [-0.2, 0) is 0 Å². The topological polar surface area (TPSA) is 75.3 Å². The van der Waals surface area contributed by atoms with Crippen LogP contribution < -0.4 is 10.6 Å². The van der Waals surface area contributed by atoms with E-state index >= 15 is 0 Å². The third-order valence-corrected chi connectivity index (χ3v) is 4.67. The van der Waals surface area contributed by atoms with Crippen molar-refractivity contribution < 1.29 is 9.32 Å². The Kier molecular flexibility index (Phi) is 5.55. The normalized spacial score (nSPS) is 15.5. The molecule has 0 aromatic carbocycles. The van der Waals surface area contributed by atoms with Gasteiger partial charge in [-0.3, -0.25) is 9.36 Å². The minimum atomic E-state index is -0.0279. The zero-order valence-electron chi connectivity index (χ0n) is 15.3. The molecule has 136 valence electrons. The zero-order chi connectivity index (χ0) is 17.8. The molecule has 7 heteroatoms. The minimum Gasteiger partial charge on any atom is -0.360 e. The number of aryl methyl sites for hydroxylation is 2. The molecule has 1 aliphatic rings. The van der Waals surface area contributed by atoms with Crippen molar-refractivity contribution in [3.05, 3.63) is 34.8 Å². The van der Waals surface area contributed by atoms with E-state index < -0.39 is 0 Å².